The van der Waals surface area contributed by atoms with Crippen LogP contribution in [-0.4, -0.2) is 16.1 Å². The average molecular weight is 207 g/mol. The number of nitrogens with zero attached hydrogens (tertiary/aromatic N) is 2. The Kier molecular flexibility index (Phi) is 4.95. The fourth-order valence-electron chi connectivity index (χ4n) is 1.61. The van der Waals surface area contributed by atoms with Crippen LogP contribution in [0, 0.1) is 5.92 Å². The maximum absolute atomic E-state index is 4.28. The van der Waals surface area contributed by atoms with Crippen molar-refractivity contribution in [3.8, 4) is 0 Å². The van der Waals surface area contributed by atoms with Crippen molar-refractivity contribution in [3.63, 3.8) is 0 Å². The van der Waals surface area contributed by atoms with Gasteiger partial charge in [0.2, 0.25) is 5.95 Å². The molecule has 3 heteroatoms. The minimum Gasteiger partial charge on any atom is -0.352 e. The van der Waals surface area contributed by atoms with Gasteiger partial charge in [0.15, 0.2) is 0 Å². The summed E-state index contributed by atoms with van der Waals surface area (Å²) in [6.07, 6.45) is 8.15. The summed E-state index contributed by atoms with van der Waals surface area (Å²) in [6, 6.07) is 0. The van der Waals surface area contributed by atoms with Gasteiger partial charge in [-0.15, -0.1) is 6.58 Å². The maximum atomic E-state index is 4.28. The molecule has 0 saturated carbocycles. The highest BCUT2D eigenvalue weighted by Gasteiger charge is 2.07. The monoisotopic (exact) mass is 207 g/mol. The SMILES string of the molecule is C=CCNc1nccn1CC(CC)CC. The number of hydrogen-bond donors (Lipinski definition) is 1. The van der Waals surface area contributed by atoms with Crippen molar-refractivity contribution >= 4 is 5.95 Å². The standard InChI is InChI=1S/C12H21N3/c1-4-7-13-12-14-8-9-15(12)10-11(5-2)6-3/h4,8-9,11H,1,5-7,10H2,2-3H3,(H,13,14). The summed E-state index contributed by atoms with van der Waals surface area (Å²) in [7, 11) is 0. The second kappa shape index (κ2) is 6.27. The highest BCUT2D eigenvalue weighted by molar-refractivity contribution is 5.26. The van der Waals surface area contributed by atoms with E-state index in [-0.39, 0.29) is 0 Å². The topological polar surface area (TPSA) is 29.9 Å². The molecule has 0 saturated heterocycles. The Bertz CT molecular complexity index is 287. The Labute approximate surface area is 92.2 Å². The van der Waals surface area contributed by atoms with Gasteiger partial charge < -0.3 is 9.88 Å². The third-order valence-electron chi connectivity index (χ3n) is 2.73. The van der Waals surface area contributed by atoms with Gasteiger partial charge in [-0.25, -0.2) is 4.98 Å². The number of anilines is 1. The van der Waals surface area contributed by atoms with Crippen LogP contribution in [0.4, 0.5) is 5.95 Å². The van der Waals surface area contributed by atoms with E-state index in [4.69, 9.17) is 0 Å². The molecule has 1 rings (SSSR count). The van der Waals surface area contributed by atoms with Gasteiger partial charge in [0.05, 0.1) is 0 Å². The third kappa shape index (κ3) is 3.42. The fraction of sp³-hybridized carbons (Fsp3) is 0.583. The molecule has 1 aromatic rings. The lowest BCUT2D eigenvalue weighted by molar-refractivity contribution is 0.421. The van der Waals surface area contributed by atoms with Gasteiger partial charge in [0.1, 0.15) is 0 Å². The van der Waals surface area contributed by atoms with Crippen LogP contribution in [0.2, 0.25) is 0 Å². The van der Waals surface area contributed by atoms with E-state index in [1.54, 1.807) is 0 Å². The predicted molar refractivity (Wildman–Crippen MR) is 65.0 cm³/mol. The van der Waals surface area contributed by atoms with Crippen LogP contribution < -0.4 is 5.32 Å². The van der Waals surface area contributed by atoms with Crippen molar-refractivity contribution in [1.82, 2.24) is 9.55 Å². The Balaban J connectivity index is 2.59. The van der Waals surface area contributed by atoms with Gasteiger partial charge >= 0.3 is 0 Å². The molecule has 0 atom stereocenters. The second-order valence-corrected chi connectivity index (χ2v) is 3.76. The number of rotatable bonds is 7. The first kappa shape index (κ1) is 11.8. The first-order valence-corrected chi connectivity index (χ1v) is 5.67. The van der Waals surface area contributed by atoms with Crippen molar-refractivity contribution in [3.05, 3.63) is 25.0 Å². The summed E-state index contributed by atoms with van der Waals surface area (Å²) in [5.41, 5.74) is 0. The van der Waals surface area contributed by atoms with E-state index in [9.17, 15) is 0 Å². The fourth-order valence-corrected chi connectivity index (χ4v) is 1.61. The van der Waals surface area contributed by atoms with Crippen LogP contribution in [0.25, 0.3) is 0 Å². The van der Waals surface area contributed by atoms with Crippen molar-refractivity contribution in [2.75, 3.05) is 11.9 Å². The maximum Gasteiger partial charge on any atom is 0.203 e. The zero-order valence-corrected chi connectivity index (χ0v) is 9.74. The molecule has 84 valence electrons. The summed E-state index contributed by atoms with van der Waals surface area (Å²) in [5.74, 6) is 1.69. The molecular formula is C12H21N3. The molecule has 15 heavy (non-hydrogen) atoms. The highest BCUT2D eigenvalue weighted by atomic mass is 15.2. The quantitative estimate of drug-likeness (QED) is 0.697. The molecule has 1 heterocycles. The normalized spacial score (nSPS) is 10.6. The first-order chi connectivity index (χ1) is 7.31. The molecule has 1 N–H and O–H groups in total. The summed E-state index contributed by atoms with van der Waals surface area (Å²) in [5, 5.41) is 3.23. The lowest BCUT2D eigenvalue weighted by Gasteiger charge is -2.15. The lowest BCUT2D eigenvalue weighted by atomic mass is 10.0. The first-order valence-electron chi connectivity index (χ1n) is 5.67. The van der Waals surface area contributed by atoms with E-state index in [1.165, 1.54) is 12.8 Å². The van der Waals surface area contributed by atoms with Crippen molar-refractivity contribution in [1.29, 1.82) is 0 Å². The largest absolute Gasteiger partial charge is 0.352 e. The minimum absolute atomic E-state index is 0.739. The van der Waals surface area contributed by atoms with E-state index >= 15 is 0 Å². The molecule has 0 radical (unpaired) electrons. The average Bonchev–Trinajstić information content (AvgIpc) is 2.70. The molecule has 0 amide bonds. The van der Waals surface area contributed by atoms with Crippen molar-refractivity contribution < 1.29 is 0 Å². The molecular weight excluding hydrogens is 186 g/mol. The number of imidazole rings is 1. The zero-order chi connectivity index (χ0) is 11.1. The number of aromatic nitrogens is 2. The Morgan fingerprint density at radius 3 is 2.87 bits per heavy atom. The molecule has 0 aromatic carbocycles. The minimum atomic E-state index is 0.739. The van der Waals surface area contributed by atoms with E-state index in [2.05, 4.69) is 35.3 Å². The van der Waals surface area contributed by atoms with Crippen molar-refractivity contribution in [2.24, 2.45) is 5.92 Å². The van der Waals surface area contributed by atoms with Gasteiger partial charge in [-0.1, -0.05) is 32.8 Å². The highest BCUT2D eigenvalue weighted by Crippen LogP contribution is 2.14. The van der Waals surface area contributed by atoms with Crippen LogP contribution in [0.3, 0.4) is 0 Å². The van der Waals surface area contributed by atoms with E-state index in [0.29, 0.717) is 0 Å². The van der Waals surface area contributed by atoms with Crippen LogP contribution in [0.5, 0.6) is 0 Å². The van der Waals surface area contributed by atoms with E-state index in [0.717, 1.165) is 25.0 Å². The summed E-state index contributed by atoms with van der Waals surface area (Å²) >= 11 is 0. The molecule has 3 nitrogen and oxygen atoms in total. The Morgan fingerprint density at radius 2 is 2.27 bits per heavy atom. The van der Waals surface area contributed by atoms with Gasteiger partial charge in [0.25, 0.3) is 0 Å². The van der Waals surface area contributed by atoms with Crippen LogP contribution in [0.15, 0.2) is 25.0 Å². The van der Waals surface area contributed by atoms with Gasteiger partial charge in [0, 0.05) is 25.5 Å². The zero-order valence-electron chi connectivity index (χ0n) is 9.74. The Hall–Kier alpha value is -1.25. The van der Waals surface area contributed by atoms with Crippen LogP contribution >= 0.6 is 0 Å². The molecule has 1 aromatic heterocycles. The van der Waals surface area contributed by atoms with Crippen molar-refractivity contribution in [2.45, 2.75) is 33.2 Å². The van der Waals surface area contributed by atoms with Crippen LogP contribution in [0.1, 0.15) is 26.7 Å². The number of hydrogen-bond acceptors (Lipinski definition) is 2. The molecule has 0 aliphatic carbocycles. The molecule has 0 aliphatic heterocycles. The molecule has 0 unspecified atom stereocenters. The number of nitrogens with one attached hydrogen (secondary N) is 1. The van der Waals surface area contributed by atoms with E-state index in [1.807, 2.05) is 18.5 Å². The summed E-state index contributed by atoms with van der Waals surface area (Å²) in [4.78, 5) is 4.28. The predicted octanol–water partition coefficient (Wildman–Crippen LogP) is 2.92. The molecule has 0 aliphatic rings. The molecule has 0 bridgehead atoms. The van der Waals surface area contributed by atoms with Gasteiger partial charge in [-0.2, -0.15) is 0 Å². The van der Waals surface area contributed by atoms with Gasteiger partial charge in [-0.05, 0) is 5.92 Å². The van der Waals surface area contributed by atoms with Crippen LogP contribution in [-0.2, 0) is 6.54 Å². The smallest absolute Gasteiger partial charge is 0.203 e. The van der Waals surface area contributed by atoms with Gasteiger partial charge in [-0.3, -0.25) is 0 Å². The molecule has 0 fully saturated rings. The second-order valence-electron chi connectivity index (χ2n) is 3.76. The molecule has 0 spiro atoms. The van der Waals surface area contributed by atoms with E-state index < -0.39 is 0 Å². The lowest BCUT2D eigenvalue weighted by Crippen LogP contribution is -2.12. The Morgan fingerprint density at radius 1 is 1.53 bits per heavy atom. The summed E-state index contributed by atoms with van der Waals surface area (Å²) < 4.78 is 2.18. The summed E-state index contributed by atoms with van der Waals surface area (Å²) in [6.45, 7) is 9.97. The third-order valence-corrected chi connectivity index (χ3v) is 2.73.